The van der Waals surface area contributed by atoms with Crippen LogP contribution in [0.15, 0.2) is 10.8 Å². The molecule has 0 amide bonds. The smallest absolute Gasteiger partial charge is 0.358 e. The Morgan fingerprint density at radius 3 is 2.77 bits per heavy atom. The number of carbonyl (C=O) groups is 1. The van der Waals surface area contributed by atoms with Crippen LogP contribution in [-0.4, -0.2) is 35.1 Å². The van der Waals surface area contributed by atoms with Crippen LogP contribution in [0.5, 0.6) is 0 Å². The highest BCUT2D eigenvalue weighted by atomic mass is 16.4. The zero-order chi connectivity index (χ0) is 10.0. The number of hydrogen-bond acceptors (Lipinski definition) is 4. The lowest BCUT2D eigenvalue weighted by atomic mass is 10.2. The Bertz CT molecular complexity index is 306. The van der Waals surface area contributed by atoms with Gasteiger partial charge in [0.1, 0.15) is 0 Å². The molecule has 1 unspecified atom stereocenters. The molecular formula is C8H12N2O3. The molecule has 0 aromatic carbocycles. The van der Waals surface area contributed by atoms with Crippen LogP contribution in [0.25, 0.3) is 0 Å². The van der Waals surface area contributed by atoms with E-state index in [9.17, 15) is 4.79 Å². The first-order valence-electron chi connectivity index (χ1n) is 3.87. The molecular weight excluding hydrogens is 172 g/mol. The second kappa shape index (κ2) is 3.57. The molecule has 0 aliphatic rings. The average Bonchev–Trinajstić information content (AvgIpc) is 2.50. The van der Waals surface area contributed by atoms with Gasteiger partial charge >= 0.3 is 5.97 Å². The SMILES string of the molecule is CC(c1ocnc1C(=O)O)N(C)C. The lowest BCUT2D eigenvalue weighted by Gasteiger charge is -2.16. The minimum Gasteiger partial charge on any atom is -0.476 e. The highest BCUT2D eigenvalue weighted by Gasteiger charge is 2.21. The average molecular weight is 184 g/mol. The van der Waals surface area contributed by atoms with Gasteiger partial charge in [0.15, 0.2) is 17.8 Å². The number of oxazole rings is 1. The molecule has 72 valence electrons. The molecule has 1 heterocycles. The van der Waals surface area contributed by atoms with E-state index in [1.165, 1.54) is 0 Å². The Hall–Kier alpha value is -1.36. The van der Waals surface area contributed by atoms with Gasteiger partial charge in [-0.15, -0.1) is 0 Å². The predicted molar refractivity (Wildman–Crippen MR) is 45.6 cm³/mol. The molecule has 0 bridgehead atoms. The normalized spacial score (nSPS) is 13.2. The van der Waals surface area contributed by atoms with E-state index < -0.39 is 5.97 Å². The monoisotopic (exact) mass is 184 g/mol. The zero-order valence-corrected chi connectivity index (χ0v) is 7.81. The standard InChI is InChI=1S/C8H12N2O3/c1-5(10(2)3)7-6(8(11)12)9-4-13-7/h4-5H,1-3H3,(H,11,12). The van der Waals surface area contributed by atoms with Crippen molar-refractivity contribution in [3.8, 4) is 0 Å². The van der Waals surface area contributed by atoms with Crippen molar-refractivity contribution in [3.63, 3.8) is 0 Å². The van der Waals surface area contributed by atoms with E-state index in [0.29, 0.717) is 5.76 Å². The van der Waals surface area contributed by atoms with Gasteiger partial charge < -0.3 is 9.52 Å². The Kier molecular flexibility index (Phi) is 2.67. The van der Waals surface area contributed by atoms with E-state index >= 15 is 0 Å². The van der Waals surface area contributed by atoms with Crippen LogP contribution >= 0.6 is 0 Å². The summed E-state index contributed by atoms with van der Waals surface area (Å²) in [6.07, 6.45) is 1.15. The third kappa shape index (κ3) is 1.86. The van der Waals surface area contributed by atoms with Gasteiger partial charge in [0.2, 0.25) is 0 Å². The molecule has 0 saturated heterocycles. The highest BCUT2D eigenvalue weighted by Crippen LogP contribution is 2.20. The van der Waals surface area contributed by atoms with Gasteiger partial charge in [0.05, 0.1) is 6.04 Å². The molecule has 5 nitrogen and oxygen atoms in total. The zero-order valence-electron chi connectivity index (χ0n) is 7.81. The fourth-order valence-corrected chi connectivity index (χ4v) is 0.947. The van der Waals surface area contributed by atoms with Gasteiger partial charge in [0, 0.05) is 0 Å². The molecule has 5 heteroatoms. The Morgan fingerprint density at radius 1 is 1.69 bits per heavy atom. The molecule has 1 rings (SSSR count). The van der Waals surface area contributed by atoms with Gasteiger partial charge in [0.25, 0.3) is 0 Å². The fourth-order valence-electron chi connectivity index (χ4n) is 0.947. The van der Waals surface area contributed by atoms with Crippen LogP contribution in [0, 0.1) is 0 Å². The topological polar surface area (TPSA) is 66.6 Å². The van der Waals surface area contributed by atoms with Gasteiger partial charge in [-0.2, -0.15) is 0 Å². The molecule has 13 heavy (non-hydrogen) atoms. The van der Waals surface area contributed by atoms with Crippen molar-refractivity contribution in [3.05, 3.63) is 17.8 Å². The van der Waals surface area contributed by atoms with E-state index in [0.717, 1.165) is 6.39 Å². The molecule has 0 aliphatic heterocycles. The first kappa shape index (κ1) is 9.73. The number of aromatic nitrogens is 1. The van der Waals surface area contributed by atoms with E-state index in [4.69, 9.17) is 9.52 Å². The number of carboxylic acids is 1. The maximum absolute atomic E-state index is 10.7. The van der Waals surface area contributed by atoms with Gasteiger partial charge in [-0.25, -0.2) is 9.78 Å². The summed E-state index contributed by atoms with van der Waals surface area (Å²) >= 11 is 0. The van der Waals surface area contributed by atoms with E-state index in [-0.39, 0.29) is 11.7 Å². The summed E-state index contributed by atoms with van der Waals surface area (Å²) in [5.74, 6) is -0.671. The van der Waals surface area contributed by atoms with Crippen molar-refractivity contribution < 1.29 is 14.3 Å². The van der Waals surface area contributed by atoms with Crippen LogP contribution in [0.2, 0.25) is 0 Å². The lowest BCUT2D eigenvalue weighted by Crippen LogP contribution is -2.18. The molecule has 0 radical (unpaired) electrons. The largest absolute Gasteiger partial charge is 0.476 e. The Balaban J connectivity index is 3.00. The van der Waals surface area contributed by atoms with E-state index in [1.807, 2.05) is 25.9 Å². The summed E-state index contributed by atoms with van der Waals surface area (Å²) in [5, 5.41) is 8.74. The van der Waals surface area contributed by atoms with Crippen LogP contribution < -0.4 is 0 Å². The van der Waals surface area contributed by atoms with Gasteiger partial charge in [-0.3, -0.25) is 4.90 Å². The molecule has 0 fully saturated rings. The molecule has 1 aromatic rings. The second-order valence-electron chi connectivity index (χ2n) is 3.01. The van der Waals surface area contributed by atoms with Crippen LogP contribution in [0.1, 0.15) is 29.2 Å². The summed E-state index contributed by atoms with van der Waals surface area (Å²) in [6, 6.07) is -0.0893. The van der Waals surface area contributed by atoms with Crippen LogP contribution in [-0.2, 0) is 0 Å². The number of aromatic carboxylic acids is 1. The predicted octanol–water partition coefficient (Wildman–Crippen LogP) is 0.995. The number of nitrogens with zero attached hydrogens (tertiary/aromatic N) is 2. The van der Waals surface area contributed by atoms with E-state index in [1.54, 1.807) is 0 Å². The Labute approximate surface area is 76.0 Å². The summed E-state index contributed by atoms with van der Waals surface area (Å²) in [5.41, 5.74) is -0.0128. The highest BCUT2D eigenvalue weighted by molar-refractivity contribution is 5.86. The first-order valence-corrected chi connectivity index (χ1v) is 3.87. The number of hydrogen-bond donors (Lipinski definition) is 1. The van der Waals surface area contributed by atoms with Crippen molar-refractivity contribution in [2.45, 2.75) is 13.0 Å². The van der Waals surface area contributed by atoms with Crippen molar-refractivity contribution in [2.75, 3.05) is 14.1 Å². The Morgan fingerprint density at radius 2 is 2.31 bits per heavy atom. The summed E-state index contributed by atoms with van der Waals surface area (Å²) < 4.78 is 5.02. The van der Waals surface area contributed by atoms with Crippen LogP contribution in [0.4, 0.5) is 0 Å². The van der Waals surface area contributed by atoms with E-state index in [2.05, 4.69) is 4.98 Å². The van der Waals surface area contributed by atoms with Crippen molar-refractivity contribution >= 4 is 5.97 Å². The van der Waals surface area contributed by atoms with Gasteiger partial charge in [-0.1, -0.05) is 0 Å². The third-order valence-electron chi connectivity index (χ3n) is 1.95. The summed E-state index contributed by atoms with van der Waals surface area (Å²) in [7, 11) is 3.69. The summed E-state index contributed by atoms with van der Waals surface area (Å²) in [4.78, 5) is 16.1. The minimum absolute atomic E-state index is 0.0128. The molecule has 1 atom stereocenters. The maximum atomic E-state index is 10.7. The molecule has 1 aromatic heterocycles. The first-order chi connectivity index (χ1) is 6.04. The third-order valence-corrected chi connectivity index (χ3v) is 1.95. The number of carboxylic acid groups (broad SMARTS) is 1. The van der Waals surface area contributed by atoms with Gasteiger partial charge in [-0.05, 0) is 21.0 Å². The number of rotatable bonds is 3. The second-order valence-corrected chi connectivity index (χ2v) is 3.01. The van der Waals surface area contributed by atoms with Crippen molar-refractivity contribution in [1.82, 2.24) is 9.88 Å². The molecule has 0 aliphatic carbocycles. The molecule has 1 N–H and O–H groups in total. The quantitative estimate of drug-likeness (QED) is 0.758. The van der Waals surface area contributed by atoms with Crippen LogP contribution in [0.3, 0.4) is 0 Å². The lowest BCUT2D eigenvalue weighted by molar-refractivity contribution is 0.0686. The molecule has 0 spiro atoms. The fraction of sp³-hybridized carbons (Fsp3) is 0.500. The van der Waals surface area contributed by atoms with Crippen molar-refractivity contribution in [1.29, 1.82) is 0 Å². The maximum Gasteiger partial charge on any atom is 0.358 e. The van der Waals surface area contributed by atoms with Crippen molar-refractivity contribution in [2.24, 2.45) is 0 Å². The minimum atomic E-state index is -1.06. The molecule has 0 saturated carbocycles. The summed E-state index contributed by atoms with van der Waals surface area (Å²) in [6.45, 7) is 1.85.